The van der Waals surface area contributed by atoms with Crippen molar-refractivity contribution in [1.29, 1.82) is 0 Å². The smallest absolute Gasteiger partial charge is 0.233 e. The molecule has 1 fully saturated rings. The molecule has 0 bridgehead atoms. The van der Waals surface area contributed by atoms with Crippen molar-refractivity contribution in [1.82, 2.24) is 4.90 Å². The first-order chi connectivity index (χ1) is 9.56. The highest BCUT2D eigenvalue weighted by molar-refractivity contribution is 6.03. The van der Waals surface area contributed by atoms with Gasteiger partial charge in [0.2, 0.25) is 11.8 Å². The third-order valence-corrected chi connectivity index (χ3v) is 3.63. The summed E-state index contributed by atoms with van der Waals surface area (Å²) in [4.78, 5) is 25.5. The third-order valence-electron chi connectivity index (χ3n) is 3.63. The number of carbonyl (C=O) groups is 2. The number of amides is 2. The van der Waals surface area contributed by atoms with Gasteiger partial charge in [0.1, 0.15) is 6.42 Å². The van der Waals surface area contributed by atoms with Crippen molar-refractivity contribution >= 4 is 17.5 Å². The van der Waals surface area contributed by atoms with Crippen molar-refractivity contribution in [2.45, 2.75) is 39.0 Å². The van der Waals surface area contributed by atoms with Crippen LogP contribution >= 0.6 is 0 Å². The number of benzene rings is 1. The molecule has 2 rings (SSSR count). The zero-order valence-electron chi connectivity index (χ0n) is 12.2. The van der Waals surface area contributed by atoms with E-state index in [4.69, 9.17) is 0 Å². The van der Waals surface area contributed by atoms with Crippen molar-refractivity contribution in [2.24, 2.45) is 0 Å². The molecule has 0 spiro atoms. The molecule has 4 heteroatoms. The Bertz CT molecular complexity index is 474. The molecule has 1 heterocycles. The molecule has 0 aromatic heterocycles. The predicted octanol–water partition coefficient (Wildman–Crippen LogP) is 2.76. The van der Waals surface area contributed by atoms with Crippen molar-refractivity contribution < 1.29 is 9.59 Å². The van der Waals surface area contributed by atoms with Crippen molar-refractivity contribution in [3.05, 3.63) is 29.8 Å². The van der Waals surface area contributed by atoms with Crippen LogP contribution in [0.5, 0.6) is 0 Å². The van der Waals surface area contributed by atoms with Crippen LogP contribution in [0.4, 0.5) is 5.69 Å². The second kappa shape index (κ2) is 6.55. The van der Waals surface area contributed by atoms with Crippen LogP contribution in [0.3, 0.4) is 0 Å². The number of hydrogen-bond acceptors (Lipinski definition) is 2. The SMILES string of the molecule is CC(C)c1ccc(NC(=O)CC(=O)N2CCCC2)cc1. The van der Waals surface area contributed by atoms with Crippen LogP contribution in [-0.4, -0.2) is 29.8 Å². The molecule has 0 radical (unpaired) electrons. The fourth-order valence-electron chi connectivity index (χ4n) is 2.37. The molecule has 2 amide bonds. The number of hydrogen-bond donors (Lipinski definition) is 1. The summed E-state index contributed by atoms with van der Waals surface area (Å²) in [6, 6.07) is 7.77. The summed E-state index contributed by atoms with van der Waals surface area (Å²) in [7, 11) is 0. The zero-order valence-corrected chi connectivity index (χ0v) is 12.2. The van der Waals surface area contributed by atoms with Crippen LogP contribution < -0.4 is 5.32 Å². The van der Waals surface area contributed by atoms with E-state index in [9.17, 15) is 9.59 Å². The monoisotopic (exact) mass is 274 g/mol. The molecule has 108 valence electrons. The molecule has 1 aromatic carbocycles. The van der Waals surface area contributed by atoms with Gasteiger partial charge in [-0.25, -0.2) is 0 Å². The number of nitrogens with one attached hydrogen (secondary N) is 1. The molecule has 0 aliphatic carbocycles. The standard InChI is InChI=1S/C16H22N2O2/c1-12(2)13-5-7-14(8-6-13)17-15(19)11-16(20)18-9-3-4-10-18/h5-8,12H,3-4,9-11H2,1-2H3,(H,17,19). The maximum Gasteiger partial charge on any atom is 0.233 e. The van der Waals surface area contributed by atoms with Gasteiger partial charge >= 0.3 is 0 Å². The van der Waals surface area contributed by atoms with E-state index in [-0.39, 0.29) is 18.2 Å². The van der Waals surface area contributed by atoms with Crippen LogP contribution in [0.25, 0.3) is 0 Å². The Labute approximate surface area is 120 Å². The van der Waals surface area contributed by atoms with Crippen molar-refractivity contribution in [2.75, 3.05) is 18.4 Å². The summed E-state index contributed by atoms with van der Waals surface area (Å²) in [6.45, 7) is 5.83. The molecule has 20 heavy (non-hydrogen) atoms. The fourth-order valence-corrected chi connectivity index (χ4v) is 2.37. The van der Waals surface area contributed by atoms with Gasteiger partial charge in [0.15, 0.2) is 0 Å². The summed E-state index contributed by atoms with van der Waals surface area (Å²) in [6.07, 6.45) is 2.03. The number of rotatable bonds is 4. The molecular weight excluding hydrogens is 252 g/mol. The van der Waals surface area contributed by atoms with E-state index in [0.29, 0.717) is 5.92 Å². The van der Waals surface area contributed by atoms with Gasteiger partial charge < -0.3 is 10.2 Å². The van der Waals surface area contributed by atoms with Crippen LogP contribution in [0.15, 0.2) is 24.3 Å². The maximum absolute atomic E-state index is 11.9. The van der Waals surface area contributed by atoms with Crippen LogP contribution in [0, 0.1) is 0 Å². The largest absolute Gasteiger partial charge is 0.342 e. The van der Waals surface area contributed by atoms with E-state index in [1.54, 1.807) is 4.90 Å². The van der Waals surface area contributed by atoms with Crippen molar-refractivity contribution in [3.63, 3.8) is 0 Å². The number of anilines is 1. The highest BCUT2D eigenvalue weighted by Gasteiger charge is 2.20. The topological polar surface area (TPSA) is 49.4 Å². The minimum atomic E-state index is -0.237. The minimum absolute atomic E-state index is 0.0636. The van der Waals surface area contributed by atoms with E-state index in [1.807, 2.05) is 24.3 Å². The van der Waals surface area contributed by atoms with Crippen molar-refractivity contribution in [3.8, 4) is 0 Å². The molecule has 4 nitrogen and oxygen atoms in total. The Balaban J connectivity index is 1.86. The molecular formula is C16H22N2O2. The first kappa shape index (κ1) is 14.6. The summed E-state index contributed by atoms with van der Waals surface area (Å²) in [5.41, 5.74) is 1.98. The lowest BCUT2D eigenvalue weighted by molar-refractivity contribution is -0.133. The molecule has 0 unspecified atom stereocenters. The second-order valence-electron chi connectivity index (χ2n) is 5.59. The summed E-state index contributed by atoms with van der Waals surface area (Å²) in [5.74, 6) is 0.162. The lowest BCUT2D eigenvalue weighted by atomic mass is 10.0. The fraction of sp³-hybridized carbons (Fsp3) is 0.500. The molecule has 1 aliphatic rings. The quantitative estimate of drug-likeness (QED) is 0.858. The molecule has 0 atom stereocenters. The summed E-state index contributed by atoms with van der Waals surface area (Å²) >= 11 is 0. The Morgan fingerprint density at radius 1 is 1.15 bits per heavy atom. The first-order valence-corrected chi connectivity index (χ1v) is 7.24. The van der Waals surface area contributed by atoms with Gasteiger partial charge in [0, 0.05) is 18.8 Å². The Hall–Kier alpha value is -1.84. The zero-order chi connectivity index (χ0) is 14.5. The highest BCUT2D eigenvalue weighted by atomic mass is 16.2. The molecule has 1 saturated heterocycles. The molecule has 1 aliphatic heterocycles. The Morgan fingerprint density at radius 3 is 2.30 bits per heavy atom. The number of likely N-dealkylation sites (tertiary alicyclic amines) is 1. The van der Waals surface area contributed by atoms with E-state index in [1.165, 1.54) is 5.56 Å². The molecule has 1 aromatic rings. The lowest BCUT2D eigenvalue weighted by Gasteiger charge is -2.15. The predicted molar refractivity (Wildman–Crippen MR) is 79.6 cm³/mol. The van der Waals surface area contributed by atoms with Gasteiger partial charge in [-0.05, 0) is 36.5 Å². The molecule has 1 N–H and O–H groups in total. The van der Waals surface area contributed by atoms with Crippen LogP contribution in [0.1, 0.15) is 44.6 Å². The van der Waals surface area contributed by atoms with Gasteiger partial charge in [-0.2, -0.15) is 0 Å². The third kappa shape index (κ3) is 3.83. The highest BCUT2D eigenvalue weighted by Crippen LogP contribution is 2.17. The normalized spacial score (nSPS) is 14.7. The minimum Gasteiger partial charge on any atom is -0.342 e. The van der Waals surface area contributed by atoms with Gasteiger partial charge in [0.05, 0.1) is 0 Å². The Morgan fingerprint density at radius 2 is 1.75 bits per heavy atom. The van der Waals surface area contributed by atoms with Gasteiger partial charge in [-0.1, -0.05) is 26.0 Å². The summed E-state index contributed by atoms with van der Waals surface area (Å²) in [5, 5.41) is 2.78. The van der Waals surface area contributed by atoms with Gasteiger partial charge in [-0.3, -0.25) is 9.59 Å². The maximum atomic E-state index is 11.9. The number of nitrogens with zero attached hydrogens (tertiary/aromatic N) is 1. The average Bonchev–Trinajstić information content (AvgIpc) is 2.93. The second-order valence-corrected chi connectivity index (χ2v) is 5.59. The number of carbonyl (C=O) groups excluding carboxylic acids is 2. The van der Waals surface area contributed by atoms with E-state index < -0.39 is 0 Å². The molecule has 0 saturated carbocycles. The van der Waals surface area contributed by atoms with E-state index in [0.717, 1.165) is 31.6 Å². The first-order valence-electron chi connectivity index (χ1n) is 7.24. The Kier molecular flexibility index (Phi) is 4.77. The average molecular weight is 274 g/mol. The van der Waals surface area contributed by atoms with E-state index >= 15 is 0 Å². The summed E-state index contributed by atoms with van der Waals surface area (Å²) < 4.78 is 0. The van der Waals surface area contributed by atoms with Crippen LogP contribution in [-0.2, 0) is 9.59 Å². The van der Waals surface area contributed by atoms with Gasteiger partial charge in [0.25, 0.3) is 0 Å². The van der Waals surface area contributed by atoms with E-state index in [2.05, 4.69) is 19.2 Å². The van der Waals surface area contributed by atoms with Crippen LogP contribution in [0.2, 0.25) is 0 Å². The van der Waals surface area contributed by atoms with Gasteiger partial charge in [-0.15, -0.1) is 0 Å². The lowest BCUT2D eigenvalue weighted by Crippen LogP contribution is -2.31.